The molecule has 0 aromatic rings. The van der Waals surface area contributed by atoms with Crippen molar-refractivity contribution in [3.05, 3.63) is 46.6 Å². The monoisotopic (exact) mass is 414 g/mol. The Morgan fingerprint density at radius 3 is 1.30 bits per heavy atom. The average molecular weight is 414 g/mol. The highest BCUT2D eigenvalue weighted by Gasteiger charge is 2.69. The molecule has 0 spiro atoms. The molecule has 0 radical (unpaired) electrons. The van der Waals surface area contributed by atoms with Gasteiger partial charge in [0.25, 0.3) is 0 Å². The van der Waals surface area contributed by atoms with Crippen molar-refractivity contribution in [2.45, 2.75) is 12.8 Å². The first-order valence-electron chi connectivity index (χ1n) is 9.53. The zero-order valence-electron chi connectivity index (χ0n) is 17.1. The van der Waals surface area contributed by atoms with Crippen molar-refractivity contribution in [3.8, 4) is 0 Å². The Kier molecular flexibility index (Phi) is 4.48. The van der Waals surface area contributed by atoms with Gasteiger partial charge in [-0.25, -0.2) is 19.2 Å². The molecule has 4 aliphatic carbocycles. The molecule has 0 saturated carbocycles. The maximum Gasteiger partial charge on any atom is 0.335 e. The molecule has 0 aromatic carbocycles. The number of allylic oxidation sites excluding steroid dienone is 4. The summed E-state index contributed by atoms with van der Waals surface area (Å²) in [6.07, 6.45) is 8.17. The lowest BCUT2D eigenvalue weighted by Crippen LogP contribution is -2.43. The fourth-order valence-electron chi connectivity index (χ4n) is 5.77. The third kappa shape index (κ3) is 2.21. The van der Waals surface area contributed by atoms with Gasteiger partial charge in [0.05, 0.1) is 50.7 Å². The van der Waals surface area contributed by atoms with Crippen LogP contribution in [0.2, 0.25) is 0 Å². The number of esters is 4. The lowest BCUT2D eigenvalue weighted by molar-refractivity contribution is -0.141. The van der Waals surface area contributed by atoms with Crippen LogP contribution in [0.4, 0.5) is 0 Å². The molecule has 0 saturated heterocycles. The van der Waals surface area contributed by atoms with Crippen LogP contribution in [0.1, 0.15) is 12.8 Å². The van der Waals surface area contributed by atoms with Crippen LogP contribution in [0.5, 0.6) is 0 Å². The largest absolute Gasteiger partial charge is 0.466 e. The summed E-state index contributed by atoms with van der Waals surface area (Å²) >= 11 is 0. The van der Waals surface area contributed by atoms with Crippen LogP contribution >= 0.6 is 0 Å². The highest BCUT2D eigenvalue weighted by atomic mass is 16.5. The molecular weight excluding hydrogens is 392 g/mol. The smallest absolute Gasteiger partial charge is 0.335 e. The number of ether oxygens (including phenoxy) is 4. The highest BCUT2D eigenvalue weighted by Crippen LogP contribution is 2.71. The summed E-state index contributed by atoms with van der Waals surface area (Å²) in [4.78, 5) is 51.0. The summed E-state index contributed by atoms with van der Waals surface area (Å²) in [5.74, 6) is -3.26. The predicted octanol–water partition coefficient (Wildman–Crippen LogP) is 1.42. The Bertz CT molecular complexity index is 917. The Morgan fingerprint density at radius 1 is 0.667 bits per heavy atom. The maximum atomic E-state index is 12.9. The van der Waals surface area contributed by atoms with Gasteiger partial charge in [-0.2, -0.15) is 0 Å². The van der Waals surface area contributed by atoms with E-state index in [-0.39, 0.29) is 34.1 Å². The van der Waals surface area contributed by atoms with Gasteiger partial charge in [0.15, 0.2) is 0 Å². The summed E-state index contributed by atoms with van der Waals surface area (Å²) in [6.45, 7) is 0. The predicted molar refractivity (Wildman–Crippen MR) is 101 cm³/mol. The molecule has 158 valence electrons. The second kappa shape index (κ2) is 6.68. The summed E-state index contributed by atoms with van der Waals surface area (Å²) in [6, 6.07) is 0. The lowest BCUT2D eigenvalue weighted by atomic mass is 9.57. The summed E-state index contributed by atoms with van der Waals surface area (Å²) < 4.78 is 19.9. The highest BCUT2D eigenvalue weighted by molar-refractivity contribution is 6.08. The number of carbonyl (C=O) groups excluding carboxylic acids is 4. The van der Waals surface area contributed by atoms with Crippen molar-refractivity contribution in [1.29, 1.82) is 0 Å². The first-order chi connectivity index (χ1) is 14.3. The standard InChI is InChI=1S/C22H22O8/c1-27-17(23)13-11-5-7-21(9-11,15(13)19(25)29-3)22-8-6-12(10-22)14(18(24)28-2)16(22)20(26)30-4/h5-8,11-12H,9-10H2,1-4H3/t11-,12+,21-,22+. The lowest BCUT2D eigenvalue weighted by Gasteiger charge is -2.43. The van der Waals surface area contributed by atoms with Crippen LogP contribution < -0.4 is 0 Å². The van der Waals surface area contributed by atoms with E-state index in [1.165, 1.54) is 28.4 Å². The van der Waals surface area contributed by atoms with Crippen molar-refractivity contribution in [2.75, 3.05) is 28.4 Å². The Morgan fingerprint density at radius 2 is 1.00 bits per heavy atom. The SMILES string of the molecule is COC(=O)C1=C(C(=O)OC)[C@@]2([C@@]34C=C[C@@H](C3)C(C(=O)OC)=C4C(=O)OC)C=C[C@@H]1C2. The van der Waals surface area contributed by atoms with E-state index in [2.05, 4.69) is 0 Å². The van der Waals surface area contributed by atoms with E-state index in [0.29, 0.717) is 12.8 Å². The van der Waals surface area contributed by atoms with Crippen LogP contribution in [-0.2, 0) is 38.1 Å². The molecule has 30 heavy (non-hydrogen) atoms. The molecule has 0 unspecified atom stereocenters. The number of hydrogen-bond donors (Lipinski definition) is 0. The summed E-state index contributed by atoms with van der Waals surface area (Å²) in [5, 5.41) is 0. The van der Waals surface area contributed by atoms with Gasteiger partial charge in [0.1, 0.15) is 0 Å². The first kappa shape index (κ1) is 20.1. The third-order valence-corrected chi connectivity index (χ3v) is 6.87. The van der Waals surface area contributed by atoms with E-state index in [0.717, 1.165) is 0 Å². The molecule has 0 aromatic heterocycles. The molecule has 0 aliphatic heterocycles. The van der Waals surface area contributed by atoms with Crippen LogP contribution in [0, 0.1) is 22.7 Å². The molecule has 4 bridgehead atoms. The van der Waals surface area contributed by atoms with Crippen molar-refractivity contribution in [2.24, 2.45) is 22.7 Å². The van der Waals surface area contributed by atoms with Crippen molar-refractivity contribution >= 4 is 23.9 Å². The van der Waals surface area contributed by atoms with Gasteiger partial charge in [-0.1, -0.05) is 24.3 Å². The number of methoxy groups -OCH3 is 4. The first-order valence-corrected chi connectivity index (χ1v) is 9.53. The molecule has 4 atom stereocenters. The minimum atomic E-state index is -1.04. The van der Waals surface area contributed by atoms with Gasteiger partial charge < -0.3 is 18.9 Å². The minimum Gasteiger partial charge on any atom is -0.466 e. The zero-order valence-corrected chi connectivity index (χ0v) is 17.1. The van der Waals surface area contributed by atoms with E-state index < -0.39 is 34.7 Å². The molecule has 8 heteroatoms. The van der Waals surface area contributed by atoms with Gasteiger partial charge in [0, 0.05) is 22.7 Å². The van der Waals surface area contributed by atoms with Gasteiger partial charge >= 0.3 is 23.9 Å². The van der Waals surface area contributed by atoms with E-state index in [4.69, 9.17) is 18.9 Å². The topological polar surface area (TPSA) is 105 Å². The average Bonchev–Trinajstić information content (AvgIpc) is 3.53. The van der Waals surface area contributed by atoms with Crippen molar-refractivity contribution in [1.82, 2.24) is 0 Å². The van der Waals surface area contributed by atoms with Gasteiger partial charge in [-0.3, -0.25) is 0 Å². The molecule has 0 amide bonds. The van der Waals surface area contributed by atoms with E-state index in [1.54, 1.807) is 0 Å². The Labute approximate surface area is 173 Å². The Balaban J connectivity index is 2.00. The number of rotatable bonds is 5. The maximum absolute atomic E-state index is 12.9. The van der Waals surface area contributed by atoms with E-state index in [9.17, 15) is 19.2 Å². The quantitative estimate of drug-likeness (QED) is 0.378. The van der Waals surface area contributed by atoms with Crippen LogP contribution in [0.15, 0.2) is 46.6 Å². The second-order valence-electron chi connectivity index (χ2n) is 7.83. The molecule has 8 nitrogen and oxygen atoms in total. The fourth-order valence-corrected chi connectivity index (χ4v) is 5.77. The minimum absolute atomic E-state index is 0.169. The van der Waals surface area contributed by atoms with Gasteiger partial charge in [-0.15, -0.1) is 0 Å². The second-order valence-corrected chi connectivity index (χ2v) is 7.83. The van der Waals surface area contributed by atoms with Crippen LogP contribution in [0.25, 0.3) is 0 Å². The van der Waals surface area contributed by atoms with Crippen LogP contribution in [-0.4, -0.2) is 52.3 Å². The fraction of sp³-hybridized carbons (Fsp3) is 0.455. The van der Waals surface area contributed by atoms with E-state index in [1.807, 2.05) is 24.3 Å². The van der Waals surface area contributed by atoms with Gasteiger partial charge in [-0.05, 0) is 12.8 Å². The van der Waals surface area contributed by atoms with E-state index >= 15 is 0 Å². The zero-order chi connectivity index (χ0) is 21.8. The molecule has 4 aliphatic rings. The molecule has 0 fully saturated rings. The van der Waals surface area contributed by atoms with Gasteiger partial charge in [0.2, 0.25) is 0 Å². The normalized spacial score (nSPS) is 32.7. The van der Waals surface area contributed by atoms with Crippen molar-refractivity contribution < 1.29 is 38.1 Å². The molecule has 0 N–H and O–H groups in total. The number of hydrogen-bond acceptors (Lipinski definition) is 8. The number of carbonyl (C=O) groups is 4. The molecule has 0 heterocycles. The molecular formula is C22H22O8. The number of fused-ring (bicyclic) bond motifs is 5. The summed E-state index contributed by atoms with van der Waals surface area (Å²) in [7, 11) is 4.98. The molecule has 4 rings (SSSR count). The van der Waals surface area contributed by atoms with Crippen LogP contribution in [0.3, 0.4) is 0 Å². The summed E-state index contributed by atoms with van der Waals surface area (Å²) in [5.41, 5.74) is -1.29. The van der Waals surface area contributed by atoms with Crippen molar-refractivity contribution in [3.63, 3.8) is 0 Å². The Hall–Kier alpha value is -3.16. The third-order valence-electron chi connectivity index (χ3n) is 6.87.